The summed E-state index contributed by atoms with van der Waals surface area (Å²) in [6.07, 6.45) is 1.75. The van der Waals surface area contributed by atoms with E-state index in [4.69, 9.17) is 0 Å². The van der Waals surface area contributed by atoms with E-state index < -0.39 is 0 Å². The second-order valence-electron chi connectivity index (χ2n) is 6.38. The highest BCUT2D eigenvalue weighted by atomic mass is 16.2. The van der Waals surface area contributed by atoms with E-state index in [1.54, 1.807) is 4.90 Å². The van der Waals surface area contributed by atoms with E-state index in [2.05, 4.69) is 5.32 Å². The van der Waals surface area contributed by atoms with Crippen molar-refractivity contribution < 1.29 is 9.59 Å². The number of carbonyl (C=O) groups is 2. The SMILES string of the molecule is CCN(CC)C(=O)C1CCCN(C(=O)N[C@@H](C)c2ccccc2)C1. The van der Waals surface area contributed by atoms with Crippen molar-refractivity contribution in [2.75, 3.05) is 26.2 Å². The maximum atomic E-state index is 12.5. The van der Waals surface area contributed by atoms with Crippen molar-refractivity contribution in [3.63, 3.8) is 0 Å². The molecule has 1 aromatic carbocycles. The minimum absolute atomic E-state index is 0.0439. The van der Waals surface area contributed by atoms with Crippen LogP contribution >= 0.6 is 0 Å². The Morgan fingerprint density at radius 2 is 1.92 bits per heavy atom. The first-order valence-electron chi connectivity index (χ1n) is 8.96. The molecule has 1 aliphatic heterocycles. The fraction of sp³-hybridized carbons (Fsp3) is 0.579. The number of nitrogens with zero attached hydrogens (tertiary/aromatic N) is 2. The van der Waals surface area contributed by atoms with E-state index in [0.717, 1.165) is 38.0 Å². The Bertz CT molecular complexity index is 543. The number of likely N-dealkylation sites (tertiary alicyclic amines) is 1. The third-order valence-corrected chi connectivity index (χ3v) is 4.77. The van der Waals surface area contributed by atoms with Crippen molar-refractivity contribution in [1.82, 2.24) is 15.1 Å². The molecule has 5 heteroatoms. The molecular formula is C19H29N3O2. The number of nitrogens with one attached hydrogen (secondary N) is 1. The average Bonchev–Trinajstić information content (AvgIpc) is 2.63. The van der Waals surface area contributed by atoms with Crippen molar-refractivity contribution in [3.05, 3.63) is 35.9 Å². The Morgan fingerprint density at radius 1 is 1.25 bits per heavy atom. The highest BCUT2D eigenvalue weighted by Gasteiger charge is 2.30. The summed E-state index contributed by atoms with van der Waals surface area (Å²) in [5.74, 6) is 0.102. The van der Waals surface area contributed by atoms with Gasteiger partial charge >= 0.3 is 6.03 Å². The van der Waals surface area contributed by atoms with Gasteiger partial charge in [0.25, 0.3) is 0 Å². The van der Waals surface area contributed by atoms with Crippen molar-refractivity contribution in [1.29, 1.82) is 0 Å². The number of hydrogen-bond donors (Lipinski definition) is 1. The fourth-order valence-electron chi connectivity index (χ4n) is 3.26. The Kier molecular flexibility index (Phi) is 6.64. The quantitative estimate of drug-likeness (QED) is 0.901. The van der Waals surface area contributed by atoms with Crippen LogP contribution in [0.5, 0.6) is 0 Å². The van der Waals surface area contributed by atoms with Gasteiger partial charge in [0.1, 0.15) is 0 Å². The number of rotatable bonds is 5. The molecule has 2 rings (SSSR count). The molecule has 0 saturated carbocycles. The Balaban J connectivity index is 1.94. The van der Waals surface area contributed by atoms with E-state index >= 15 is 0 Å². The molecule has 0 radical (unpaired) electrons. The minimum Gasteiger partial charge on any atom is -0.343 e. The molecule has 0 spiro atoms. The monoisotopic (exact) mass is 331 g/mol. The van der Waals surface area contributed by atoms with Gasteiger partial charge in [0.2, 0.25) is 5.91 Å². The number of hydrogen-bond acceptors (Lipinski definition) is 2. The van der Waals surface area contributed by atoms with Gasteiger partial charge in [-0.05, 0) is 39.2 Å². The molecule has 0 aliphatic carbocycles. The number of urea groups is 1. The van der Waals surface area contributed by atoms with Gasteiger partial charge in [0, 0.05) is 26.2 Å². The summed E-state index contributed by atoms with van der Waals surface area (Å²) in [7, 11) is 0. The van der Waals surface area contributed by atoms with Crippen LogP contribution < -0.4 is 5.32 Å². The largest absolute Gasteiger partial charge is 0.343 e. The smallest absolute Gasteiger partial charge is 0.317 e. The molecule has 1 aromatic rings. The van der Waals surface area contributed by atoms with Crippen molar-refractivity contribution >= 4 is 11.9 Å². The molecule has 5 nitrogen and oxygen atoms in total. The lowest BCUT2D eigenvalue weighted by molar-refractivity contribution is -0.136. The third kappa shape index (κ3) is 4.49. The van der Waals surface area contributed by atoms with Gasteiger partial charge < -0.3 is 15.1 Å². The van der Waals surface area contributed by atoms with Crippen LogP contribution in [0.3, 0.4) is 0 Å². The van der Waals surface area contributed by atoms with Gasteiger partial charge in [-0.15, -0.1) is 0 Å². The summed E-state index contributed by atoms with van der Waals surface area (Å²) >= 11 is 0. The molecule has 1 aliphatic rings. The first-order valence-corrected chi connectivity index (χ1v) is 8.96. The zero-order chi connectivity index (χ0) is 17.5. The Hall–Kier alpha value is -2.04. The third-order valence-electron chi connectivity index (χ3n) is 4.77. The molecule has 1 fully saturated rings. The van der Waals surface area contributed by atoms with Crippen LogP contribution in [0, 0.1) is 5.92 Å². The van der Waals surface area contributed by atoms with Crippen LogP contribution in [0.2, 0.25) is 0 Å². The molecule has 1 saturated heterocycles. The summed E-state index contributed by atoms with van der Waals surface area (Å²) in [6.45, 7) is 8.66. The highest BCUT2D eigenvalue weighted by molar-refractivity contribution is 5.81. The molecule has 2 atom stereocenters. The number of amides is 3. The molecule has 1 heterocycles. The maximum Gasteiger partial charge on any atom is 0.317 e. The zero-order valence-electron chi connectivity index (χ0n) is 15.0. The predicted octanol–water partition coefficient (Wildman–Crippen LogP) is 3.04. The van der Waals surface area contributed by atoms with E-state index in [9.17, 15) is 9.59 Å². The van der Waals surface area contributed by atoms with Crippen LogP contribution in [-0.2, 0) is 4.79 Å². The fourth-order valence-corrected chi connectivity index (χ4v) is 3.26. The standard InChI is InChI=1S/C19H29N3O2/c1-4-21(5-2)18(23)17-12-9-13-22(14-17)19(24)20-15(3)16-10-7-6-8-11-16/h6-8,10-11,15,17H,4-5,9,12-14H2,1-3H3,(H,20,24)/t15-,17?/m0/s1. The molecule has 132 valence electrons. The van der Waals surface area contributed by atoms with Crippen LogP contribution in [0.4, 0.5) is 4.79 Å². The molecule has 0 bridgehead atoms. The molecular weight excluding hydrogens is 302 g/mol. The summed E-state index contributed by atoms with van der Waals surface area (Å²) in [5.41, 5.74) is 1.08. The lowest BCUT2D eigenvalue weighted by Crippen LogP contribution is -2.50. The van der Waals surface area contributed by atoms with Gasteiger partial charge in [0.05, 0.1) is 12.0 Å². The van der Waals surface area contributed by atoms with Gasteiger partial charge in [-0.3, -0.25) is 4.79 Å². The maximum absolute atomic E-state index is 12.5. The average molecular weight is 331 g/mol. The normalized spacial score (nSPS) is 18.8. The summed E-state index contributed by atoms with van der Waals surface area (Å²) in [4.78, 5) is 28.7. The Morgan fingerprint density at radius 3 is 2.54 bits per heavy atom. The van der Waals surface area contributed by atoms with Crippen molar-refractivity contribution in [2.45, 2.75) is 39.7 Å². The summed E-state index contributed by atoms with van der Waals surface area (Å²) in [5, 5.41) is 3.04. The van der Waals surface area contributed by atoms with Gasteiger partial charge in [-0.2, -0.15) is 0 Å². The topological polar surface area (TPSA) is 52.7 Å². The molecule has 3 amide bonds. The van der Waals surface area contributed by atoms with Crippen LogP contribution in [0.1, 0.15) is 45.2 Å². The zero-order valence-corrected chi connectivity index (χ0v) is 15.0. The van der Waals surface area contributed by atoms with E-state index in [-0.39, 0.29) is 23.9 Å². The molecule has 24 heavy (non-hydrogen) atoms. The van der Waals surface area contributed by atoms with Crippen molar-refractivity contribution in [2.24, 2.45) is 5.92 Å². The van der Waals surface area contributed by atoms with E-state index in [1.807, 2.05) is 56.0 Å². The van der Waals surface area contributed by atoms with Gasteiger partial charge in [0.15, 0.2) is 0 Å². The molecule has 0 aromatic heterocycles. The van der Waals surface area contributed by atoms with E-state index in [1.165, 1.54) is 0 Å². The van der Waals surface area contributed by atoms with Crippen LogP contribution in [0.15, 0.2) is 30.3 Å². The number of carbonyl (C=O) groups excluding carboxylic acids is 2. The number of benzene rings is 1. The minimum atomic E-state index is -0.0802. The first-order chi connectivity index (χ1) is 11.6. The van der Waals surface area contributed by atoms with E-state index in [0.29, 0.717) is 6.54 Å². The van der Waals surface area contributed by atoms with Crippen LogP contribution in [0.25, 0.3) is 0 Å². The lowest BCUT2D eigenvalue weighted by Gasteiger charge is -2.35. The molecule has 1 unspecified atom stereocenters. The second-order valence-corrected chi connectivity index (χ2v) is 6.38. The first kappa shape index (κ1) is 18.3. The summed E-state index contributed by atoms with van der Waals surface area (Å²) in [6, 6.07) is 9.80. The van der Waals surface area contributed by atoms with Crippen LogP contribution in [-0.4, -0.2) is 47.9 Å². The van der Waals surface area contributed by atoms with Gasteiger partial charge in [-0.1, -0.05) is 30.3 Å². The predicted molar refractivity (Wildman–Crippen MR) is 95.6 cm³/mol. The molecule has 1 N–H and O–H groups in total. The lowest BCUT2D eigenvalue weighted by atomic mass is 9.96. The second kappa shape index (κ2) is 8.71. The highest BCUT2D eigenvalue weighted by Crippen LogP contribution is 2.20. The summed E-state index contributed by atoms with van der Waals surface area (Å²) < 4.78 is 0. The van der Waals surface area contributed by atoms with Crippen molar-refractivity contribution in [3.8, 4) is 0 Å². The number of piperidine rings is 1. The Labute approximate surface area is 145 Å². The van der Waals surface area contributed by atoms with Gasteiger partial charge in [-0.25, -0.2) is 4.79 Å².